The Balaban J connectivity index is 2.31. The maximum absolute atomic E-state index is 11.2. The molecule has 2 heterocycles. The first-order valence-electron chi connectivity index (χ1n) is 4.31. The smallest absolute Gasteiger partial charge is 0.349 e. The lowest BCUT2D eigenvalue weighted by molar-refractivity contribution is 0.0606. The van der Waals surface area contributed by atoms with E-state index in [1.807, 2.05) is 19.1 Å². The highest BCUT2D eigenvalue weighted by atomic mass is 32.1. The zero-order valence-corrected chi connectivity index (χ0v) is 9.95. The van der Waals surface area contributed by atoms with Crippen molar-refractivity contribution in [1.29, 1.82) is 0 Å². The molecule has 0 atom stereocenters. The van der Waals surface area contributed by atoms with E-state index in [1.165, 1.54) is 23.3 Å². The van der Waals surface area contributed by atoms with Gasteiger partial charge in [0.1, 0.15) is 9.88 Å². The standard InChI is InChI=1S/C10H9NO2S2/c1-6-3-4-7(14-6)9-11-5-8(15-9)10(12)13-2/h3-5H,1-2H3. The summed E-state index contributed by atoms with van der Waals surface area (Å²) in [6, 6.07) is 4.05. The first-order chi connectivity index (χ1) is 7.20. The molecule has 3 nitrogen and oxygen atoms in total. The van der Waals surface area contributed by atoms with Crippen LogP contribution in [0.3, 0.4) is 0 Å². The third kappa shape index (κ3) is 2.08. The number of carbonyl (C=O) groups excluding carboxylic acids is 1. The number of aryl methyl sites for hydroxylation is 1. The van der Waals surface area contributed by atoms with E-state index < -0.39 is 0 Å². The van der Waals surface area contributed by atoms with Crippen LogP contribution < -0.4 is 0 Å². The largest absolute Gasteiger partial charge is 0.465 e. The molecule has 0 unspecified atom stereocenters. The molecule has 0 fully saturated rings. The van der Waals surface area contributed by atoms with Crippen LogP contribution in [0.15, 0.2) is 18.3 Å². The fourth-order valence-corrected chi connectivity index (χ4v) is 2.90. The van der Waals surface area contributed by atoms with Gasteiger partial charge in [-0.25, -0.2) is 9.78 Å². The minimum absolute atomic E-state index is 0.327. The summed E-state index contributed by atoms with van der Waals surface area (Å²) in [5.74, 6) is -0.327. The first kappa shape index (κ1) is 10.3. The van der Waals surface area contributed by atoms with Crippen molar-refractivity contribution in [3.8, 4) is 9.88 Å². The number of esters is 1. The summed E-state index contributed by atoms with van der Waals surface area (Å²) in [6.07, 6.45) is 1.56. The van der Waals surface area contributed by atoms with Gasteiger partial charge in [0.2, 0.25) is 0 Å². The van der Waals surface area contributed by atoms with E-state index >= 15 is 0 Å². The fourth-order valence-electron chi connectivity index (χ4n) is 1.13. The van der Waals surface area contributed by atoms with Crippen molar-refractivity contribution in [3.63, 3.8) is 0 Å². The van der Waals surface area contributed by atoms with Gasteiger partial charge in [0.15, 0.2) is 0 Å². The van der Waals surface area contributed by atoms with Gasteiger partial charge in [-0.3, -0.25) is 0 Å². The summed E-state index contributed by atoms with van der Waals surface area (Å²) in [6.45, 7) is 2.04. The Morgan fingerprint density at radius 1 is 1.40 bits per heavy atom. The van der Waals surface area contributed by atoms with E-state index in [0.29, 0.717) is 4.88 Å². The number of rotatable bonds is 2. The zero-order chi connectivity index (χ0) is 10.8. The molecule has 0 radical (unpaired) electrons. The molecule has 0 N–H and O–H groups in total. The third-order valence-corrected chi connectivity index (χ3v) is 3.99. The number of thiazole rings is 1. The molecule has 2 aromatic heterocycles. The number of ether oxygens (including phenoxy) is 1. The lowest BCUT2D eigenvalue weighted by Crippen LogP contribution is -1.96. The van der Waals surface area contributed by atoms with Crippen molar-refractivity contribution >= 4 is 28.6 Å². The summed E-state index contributed by atoms with van der Waals surface area (Å²) in [7, 11) is 1.37. The summed E-state index contributed by atoms with van der Waals surface area (Å²) >= 11 is 3.03. The molecular weight excluding hydrogens is 230 g/mol. The van der Waals surface area contributed by atoms with Gasteiger partial charge in [-0.1, -0.05) is 0 Å². The molecule has 5 heteroatoms. The predicted molar refractivity (Wildman–Crippen MR) is 61.5 cm³/mol. The van der Waals surface area contributed by atoms with Crippen LogP contribution in [0.1, 0.15) is 14.5 Å². The van der Waals surface area contributed by atoms with E-state index in [1.54, 1.807) is 17.5 Å². The van der Waals surface area contributed by atoms with Crippen molar-refractivity contribution < 1.29 is 9.53 Å². The van der Waals surface area contributed by atoms with Gasteiger partial charge < -0.3 is 4.74 Å². The van der Waals surface area contributed by atoms with Crippen molar-refractivity contribution in [3.05, 3.63) is 28.1 Å². The molecule has 15 heavy (non-hydrogen) atoms. The first-order valence-corrected chi connectivity index (χ1v) is 5.95. The second-order valence-electron chi connectivity index (χ2n) is 2.93. The highest BCUT2D eigenvalue weighted by Gasteiger charge is 2.12. The van der Waals surface area contributed by atoms with Crippen molar-refractivity contribution in [2.45, 2.75) is 6.92 Å². The Kier molecular flexibility index (Phi) is 2.83. The molecule has 2 aromatic rings. The van der Waals surface area contributed by atoms with Crippen LogP contribution in [-0.2, 0) is 4.74 Å². The summed E-state index contributed by atoms with van der Waals surface area (Å²) in [4.78, 5) is 18.3. The molecule has 0 spiro atoms. The van der Waals surface area contributed by atoms with Crippen molar-refractivity contribution in [2.24, 2.45) is 0 Å². The number of aromatic nitrogens is 1. The third-order valence-electron chi connectivity index (χ3n) is 1.84. The van der Waals surface area contributed by atoms with E-state index in [0.717, 1.165) is 9.88 Å². The average molecular weight is 239 g/mol. The monoisotopic (exact) mass is 239 g/mol. The molecule has 0 saturated carbocycles. The molecule has 0 amide bonds. The second kappa shape index (κ2) is 4.12. The number of hydrogen-bond donors (Lipinski definition) is 0. The fraction of sp³-hybridized carbons (Fsp3) is 0.200. The summed E-state index contributed by atoms with van der Waals surface area (Å²) in [5, 5.41) is 0.869. The Morgan fingerprint density at radius 2 is 2.20 bits per heavy atom. The van der Waals surface area contributed by atoms with Gasteiger partial charge in [-0.05, 0) is 19.1 Å². The maximum atomic E-state index is 11.2. The van der Waals surface area contributed by atoms with Crippen LogP contribution in [0.25, 0.3) is 9.88 Å². The van der Waals surface area contributed by atoms with Crippen LogP contribution in [0.4, 0.5) is 0 Å². The minimum Gasteiger partial charge on any atom is -0.465 e. The molecule has 0 aliphatic carbocycles. The summed E-state index contributed by atoms with van der Waals surface area (Å²) in [5.41, 5.74) is 0. The van der Waals surface area contributed by atoms with Gasteiger partial charge in [0.25, 0.3) is 0 Å². The Hall–Kier alpha value is -1.20. The normalized spacial score (nSPS) is 10.3. The highest BCUT2D eigenvalue weighted by molar-refractivity contribution is 7.22. The maximum Gasteiger partial charge on any atom is 0.349 e. The van der Waals surface area contributed by atoms with Crippen molar-refractivity contribution in [1.82, 2.24) is 4.98 Å². The van der Waals surface area contributed by atoms with Crippen molar-refractivity contribution in [2.75, 3.05) is 7.11 Å². The molecule has 0 saturated heterocycles. The van der Waals surface area contributed by atoms with Gasteiger partial charge in [0.05, 0.1) is 18.2 Å². The number of methoxy groups -OCH3 is 1. The Morgan fingerprint density at radius 3 is 2.80 bits per heavy atom. The SMILES string of the molecule is COC(=O)c1cnc(-c2ccc(C)s2)s1. The molecular formula is C10H9NO2S2. The quantitative estimate of drug-likeness (QED) is 0.756. The van der Waals surface area contributed by atoms with Gasteiger partial charge in [-0.2, -0.15) is 0 Å². The predicted octanol–water partition coefficient (Wildman–Crippen LogP) is 2.97. The van der Waals surface area contributed by atoms with Crippen LogP contribution in [0.2, 0.25) is 0 Å². The minimum atomic E-state index is -0.327. The van der Waals surface area contributed by atoms with Gasteiger partial charge >= 0.3 is 5.97 Å². The molecule has 0 aliphatic heterocycles. The van der Waals surface area contributed by atoms with E-state index in [4.69, 9.17) is 0 Å². The van der Waals surface area contributed by atoms with Crippen LogP contribution in [0, 0.1) is 6.92 Å². The molecule has 0 bridgehead atoms. The van der Waals surface area contributed by atoms with Crippen LogP contribution in [0.5, 0.6) is 0 Å². The Labute approximate surface area is 95.4 Å². The second-order valence-corrected chi connectivity index (χ2v) is 5.25. The molecule has 2 rings (SSSR count). The van der Waals surface area contributed by atoms with E-state index in [2.05, 4.69) is 9.72 Å². The Bertz CT molecular complexity index is 487. The zero-order valence-electron chi connectivity index (χ0n) is 8.31. The molecule has 0 aromatic carbocycles. The lowest BCUT2D eigenvalue weighted by Gasteiger charge is -1.90. The summed E-state index contributed by atoms with van der Waals surface area (Å²) < 4.78 is 4.63. The van der Waals surface area contributed by atoms with E-state index in [-0.39, 0.29) is 5.97 Å². The van der Waals surface area contributed by atoms with Gasteiger partial charge in [-0.15, -0.1) is 22.7 Å². The number of carbonyl (C=O) groups is 1. The van der Waals surface area contributed by atoms with Crippen LogP contribution in [-0.4, -0.2) is 18.1 Å². The number of nitrogens with zero attached hydrogens (tertiary/aromatic N) is 1. The average Bonchev–Trinajstić information content (AvgIpc) is 2.84. The number of thiophene rings is 1. The molecule has 0 aliphatic rings. The highest BCUT2D eigenvalue weighted by Crippen LogP contribution is 2.31. The topological polar surface area (TPSA) is 39.2 Å². The van der Waals surface area contributed by atoms with E-state index in [9.17, 15) is 4.79 Å². The molecule has 78 valence electrons. The lowest BCUT2D eigenvalue weighted by atomic mass is 10.4. The van der Waals surface area contributed by atoms with Crippen LogP contribution >= 0.6 is 22.7 Å². The number of hydrogen-bond acceptors (Lipinski definition) is 5. The van der Waals surface area contributed by atoms with Gasteiger partial charge in [0, 0.05) is 4.88 Å².